The molecule has 0 saturated carbocycles. The molecule has 1 rings (SSSR count). The van der Waals surface area contributed by atoms with E-state index in [2.05, 4.69) is 13.8 Å². The van der Waals surface area contributed by atoms with Crippen molar-refractivity contribution < 1.29 is 8.42 Å². The van der Waals surface area contributed by atoms with Gasteiger partial charge in [-0.3, -0.25) is 0 Å². The minimum Gasteiger partial charge on any atom is -0.207 e. The van der Waals surface area contributed by atoms with Crippen LogP contribution in [0.5, 0.6) is 0 Å². The van der Waals surface area contributed by atoms with Crippen LogP contribution in [0, 0.1) is 0 Å². The minimum absolute atomic E-state index is 0.166. The van der Waals surface area contributed by atoms with E-state index < -0.39 is 9.05 Å². The van der Waals surface area contributed by atoms with Gasteiger partial charge in [0, 0.05) is 10.7 Å². The average molecular weight is 247 g/mol. The van der Waals surface area contributed by atoms with Crippen molar-refractivity contribution in [1.82, 2.24) is 0 Å². The van der Waals surface area contributed by atoms with Crippen molar-refractivity contribution in [3.63, 3.8) is 0 Å². The van der Waals surface area contributed by atoms with Gasteiger partial charge in [0.1, 0.15) is 0 Å². The van der Waals surface area contributed by atoms with Gasteiger partial charge in [-0.05, 0) is 36.5 Å². The second-order valence-corrected chi connectivity index (χ2v) is 6.09. The Morgan fingerprint density at radius 2 is 1.60 bits per heavy atom. The third kappa shape index (κ3) is 3.21. The number of benzene rings is 1. The molecule has 0 aromatic heterocycles. The van der Waals surface area contributed by atoms with E-state index in [0.717, 1.165) is 12.8 Å². The quantitative estimate of drug-likeness (QED) is 0.762. The smallest absolute Gasteiger partial charge is 0.207 e. The number of hydrogen-bond acceptors (Lipinski definition) is 2. The lowest BCUT2D eigenvalue weighted by Crippen LogP contribution is -1.96. The summed E-state index contributed by atoms with van der Waals surface area (Å²) in [5.74, 6) is 0.497. The Morgan fingerprint density at radius 1 is 1.13 bits per heavy atom. The number of rotatable bonds is 4. The molecule has 0 bridgehead atoms. The summed E-state index contributed by atoms with van der Waals surface area (Å²) in [5.41, 5.74) is 1.17. The van der Waals surface area contributed by atoms with Crippen LogP contribution in [0.15, 0.2) is 29.2 Å². The minimum atomic E-state index is -3.59. The predicted octanol–water partition coefficient (Wildman–Crippen LogP) is 3.52. The van der Waals surface area contributed by atoms with Crippen LogP contribution < -0.4 is 0 Å². The summed E-state index contributed by atoms with van der Waals surface area (Å²) >= 11 is 0. The van der Waals surface area contributed by atoms with Crippen LogP contribution in [0.25, 0.3) is 0 Å². The molecule has 0 aliphatic carbocycles. The predicted molar refractivity (Wildman–Crippen MR) is 62.8 cm³/mol. The Morgan fingerprint density at radius 3 is 1.93 bits per heavy atom. The molecule has 0 fully saturated rings. The SMILES string of the molecule is CCC(CC)c1ccc(S(=O)(=O)Cl)cc1. The number of hydrogen-bond donors (Lipinski definition) is 0. The molecular weight excluding hydrogens is 232 g/mol. The zero-order valence-corrected chi connectivity index (χ0v) is 10.5. The van der Waals surface area contributed by atoms with Crippen molar-refractivity contribution in [2.75, 3.05) is 0 Å². The lowest BCUT2D eigenvalue weighted by molar-refractivity contribution is 0.609. The van der Waals surface area contributed by atoms with E-state index in [1.54, 1.807) is 12.1 Å². The fraction of sp³-hybridized carbons (Fsp3) is 0.455. The average Bonchev–Trinajstić information content (AvgIpc) is 2.19. The molecule has 0 radical (unpaired) electrons. The molecule has 15 heavy (non-hydrogen) atoms. The van der Waals surface area contributed by atoms with Crippen LogP contribution in [-0.4, -0.2) is 8.42 Å². The van der Waals surface area contributed by atoms with E-state index in [4.69, 9.17) is 10.7 Å². The Balaban J connectivity index is 3.00. The van der Waals surface area contributed by atoms with Crippen molar-refractivity contribution >= 4 is 19.7 Å². The Bertz CT molecular complexity index is 405. The van der Waals surface area contributed by atoms with Crippen LogP contribution in [0.4, 0.5) is 0 Å². The molecule has 0 aliphatic rings. The van der Waals surface area contributed by atoms with E-state index in [0.29, 0.717) is 5.92 Å². The monoisotopic (exact) mass is 246 g/mol. The summed E-state index contributed by atoms with van der Waals surface area (Å²) in [6, 6.07) is 6.81. The highest BCUT2D eigenvalue weighted by Crippen LogP contribution is 2.24. The van der Waals surface area contributed by atoms with Gasteiger partial charge in [0.2, 0.25) is 0 Å². The summed E-state index contributed by atoms with van der Waals surface area (Å²) in [5, 5.41) is 0. The van der Waals surface area contributed by atoms with Crippen molar-refractivity contribution in [3.8, 4) is 0 Å². The number of halogens is 1. The van der Waals surface area contributed by atoms with Crippen LogP contribution in [0.3, 0.4) is 0 Å². The summed E-state index contributed by atoms with van der Waals surface area (Å²) in [6.07, 6.45) is 2.12. The van der Waals surface area contributed by atoms with Crippen molar-refractivity contribution in [2.24, 2.45) is 0 Å². The Kier molecular flexibility index (Phi) is 4.17. The molecule has 0 N–H and O–H groups in total. The van der Waals surface area contributed by atoms with Crippen LogP contribution in [0.2, 0.25) is 0 Å². The highest BCUT2D eigenvalue weighted by atomic mass is 35.7. The normalized spacial score (nSPS) is 12.0. The maximum Gasteiger partial charge on any atom is 0.261 e. The van der Waals surface area contributed by atoms with E-state index in [-0.39, 0.29) is 4.90 Å². The molecular formula is C11H15ClO2S. The molecule has 0 spiro atoms. The van der Waals surface area contributed by atoms with E-state index in [9.17, 15) is 8.42 Å². The third-order valence-electron chi connectivity index (χ3n) is 2.62. The summed E-state index contributed by atoms with van der Waals surface area (Å²) in [4.78, 5) is 0.166. The molecule has 0 saturated heterocycles. The highest BCUT2D eigenvalue weighted by Gasteiger charge is 2.11. The van der Waals surface area contributed by atoms with Gasteiger partial charge >= 0.3 is 0 Å². The van der Waals surface area contributed by atoms with Gasteiger partial charge in [0.15, 0.2) is 0 Å². The highest BCUT2D eigenvalue weighted by molar-refractivity contribution is 8.13. The molecule has 0 atom stereocenters. The van der Waals surface area contributed by atoms with Crippen LogP contribution >= 0.6 is 10.7 Å². The lowest BCUT2D eigenvalue weighted by atomic mass is 9.94. The molecule has 0 aliphatic heterocycles. The first kappa shape index (κ1) is 12.5. The largest absolute Gasteiger partial charge is 0.261 e. The standard InChI is InChI=1S/C11H15ClO2S/c1-3-9(4-2)10-5-7-11(8-6-10)15(12,13)14/h5-9H,3-4H2,1-2H3. The van der Waals surface area contributed by atoms with Gasteiger partial charge < -0.3 is 0 Å². The molecule has 2 nitrogen and oxygen atoms in total. The zero-order valence-electron chi connectivity index (χ0n) is 8.90. The summed E-state index contributed by atoms with van der Waals surface area (Å²) < 4.78 is 22.0. The first-order valence-electron chi connectivity index (χ1n) is 5.03. The van der Waals surface area contributed by atoms with Gasteiger partial charge in [-0.25, -0.2) is 8.42 Å². The molecule has 0 amide bonds. The third-order valence-corrected chi connectivity index (χ3v) is 3.99. The molecule has 84 valence electrons. The second-order valence-electron chi connectivity index (χ2n) is 3.52. The Hall–Kier alpha value is -0.540. The fourth-order valence-corrected chi connectivity index (χ4v) is 2.43. The molecule has 1 aromatic rings. The molecule has 1 aromatic carbocycles. The summed E-state index contributed by atoms with van der Waals surface area (Å²) in [7, 11) is 1.64. The van der Waals surface area contributed by atoms with Gasteiger partial charge in [-0.2, -0.15) is 0 Å². The maximum atomic E-state index is 11.0. The Labute approximate surface area is 95.7 Å². The first-order chi connectivity index (χ1) is 6.99. The van der Waals surface area contributed by atoms with Crippen molar-refractivity contribution in [3.05, 3.63) is 29.8 Å². The molecule has 0 unspecified atom stereocenters. The van der Waals surface area contributed by atoms with Gasteiger partial charge in [0.25, 0.3) is 9.05 Å². The zero-order chi connectivity index (χ0) is 11.5. The topological polar surface area (TPSA) is 34.1 Å². The van der Waals surface area contributed by atoms with Gasteiger partial charge in [-0.1, -0.05) is 26.0 Å². The van der Waals surface area contributed by atoms with Crippen LogP contribution in [-0.2, 0) is 9.05 Å². The van der Waals surface area contributed by atoms with Gasteiger partial charge in [0.05, 0.1) is 4.90 Å². The van der Waals surface area contributed by atoms with E-state index >= 15 is 0 Å². The van der Waals surface area contributed by atoms with E-state index in [1.807, 2.05) is 12.1 Å². The lowest BCUT2D eigenvalue weighted by Gasteiger charge is -2.12. The van der Waals surface area contributed by atoms with Crippen LogP contribution in [0.1, 0.15) is 38.2 Å². The summed E-state index contributed by atoms with van der Waals surface area (Å²) in [6.45, 7) is 4.25. The first-order valence-corrected chi connectivity index (χ1v) is 7.34. The van der Waals surface area contributed by atoms with Crippen molar-refractivity contribution in [2.45, 2.75) is 37.5 Å². The maximum absolute atomic E-state index is 11.0. The van der Waals surface area contributed by atoms with Gasteiger partial charge in [-0.15, -0.1) is 0 Å². The molecule has 0 heterocycles. The molecule has 4 heteroatoms. The fourth-order valence-electron chi connectivity index (χ4n) is 1.66. The van der Waals surface area contributed by atoms with Crippen molar-refractivity contribution in [1.29, 1.82) is 0 Å². The second kappa shape index (κ2) is 4.99. The van der Waals surface area contributed by atoms with E-state index in [1.165, 1.54) is 5.56 Å².